The second-order valence-corrected chi connectivity index (χ2v) is 9.44. The molecular weight excluding hydrogens is 461 g/mol. The maximum absolute atomic E-state index is 14.4. The van der Waals surface area contributed by atoms with Crippen molar-refractivity contribution in [2.24, 2.45) is 0 Å². The number of ether oxygens (including phenoxy) is 1. The van der Waals surface area contributed by atoms with Crippen molar-refractivity contribution in [3.05, 3.63) is 78.0 Å². The van der Waals surface area contributed by atoms with Gasteiger partial charge >= 0.3 is 0 Å². The number of nitrogens with one attached hydrogen (secondary N) is 2. The molecule has 176 valence electrons. The highest BCUT2D eigenvalue weighted by atomic mass is 32.2. The number of methoxy groups -OCH3 is 1. The first-order chi connectivity index (χ1) is 16.2. The van der Waals surface area contributed by atoms with Crippen molar-refractivity contribution in [2.45, 2.75) is 24.7 Å². The minimum atomic E-state index is -4.30. The minimum absolute atomic E-state index is 0.0237. The number of carbonyl (C=O) groups excluding carboxylic acids is 1. The number of anilines is 2. The average Bonchev–Trinajstić information content (AvgIpc) is 3.23. The lowest BCUT2D eigenvalue weighted by molar-refractivity contribution is 0.102. The van der Waals surface area contributed by atoms with Gasteiger partial charge in [0.15, 0.2) is 5.65 Å². The third-order valence-electron chi connectivity index (χ3n) is 5.03. The first kappa shape index (κ1) is 23.2. The van der Waals surface area contributed by atoms with Crippen LogP contribution in [0.2, 0.25) is 0 Å². The zero-order valence-corrected chi connectivity index (χ0v) is 19.4. The number of benzene rings is 2. The predicted octanol–water partition coefficient (Wildman–Crippen LogP) is 4.05. The van der Waals surface area contributed by atoms with E-state index in [2.05, 4.69) is 20.2 Å². The molecule has 0 aliphatic carbocycles. The highest BCUT2D eigenvalue weighted by Gasteiger charge is 2.22. The Morgan fingerprint density at radius 3 is 2.41 bits per heavy atom. The van der Waals surface area contributed by atoms with Gasteiger partial charge in [-0.05, 0) is 54.6 Å². The summed E-state index contributed by atoms with van der Waals surface area (Å²) in [5, 5.41) is 10.9. The average molecular weight is 484 g/mol. The van der Waals surface area contributed by atoms with Gasteiger partial charge in [-0.1, -0.05) is 13.8 Å². The quantitative estimate of drug-likeness (QED) is 0.410. The van der Waals surface area contributed by atoms with E-state index in [-0.39, 0.29) is 17.2 Å². The lowest BCUT2D eigenvalue weighted by Crippen LogP contribution is -2.17. The number of hydrogen-bond donors (Lipinski definition) is 2. The number of rotatable bonds is 7. The van der Waals surface area contributed by atoms with Crippen molar-refractivity contribution in [1.82, 2.24) is 14.6 Å². The van der Waals surface area contributed by atoms with E-state index >= 15 is 0 Å². The Labute approximate surface area is 195 Å². The van der Waals surface area contributed by atoms with Crippen LogP contribution in [0.5, 0.6) is 5.75 Å². The van der Waals surface area contributed by atoms with Gasteiger partial charge in [0.25, 0.3) is 15.9 Å². The normalized spacial score (nSPS) is 11.6. The molecule has 2 aromatic carbocycles. The molecule has 0 radical (unpaired) electrons. The molecule has 34 heavy (non-hydrogen) atoms. The van der Waals surface area contributed by atoms with Gasteiger partial charge in [-0.3, -0.25) is 13.9 Å². The van der Waals surface area contributed by atoms with E-state index in [1.165, 1.54) is 25.3 Å². The number of sulfonamides is 1. The van der Waals surface area contributed by atoms with Gasteiger partial charge in [-0.2, -0.15) is 0 Å². The van der Waals surface area contributed by atoms with Crippen molar-refractivity contribution in [2.75, 3.05) is 17.1 Å². The zero-order valence-electron chi connectivity index (χ0n) is 18.6. The van der Waals surface area contributed by atoms with Crippen LogP contribution in [0, 0.1) is 5.82 Å². The van der Waals surface area contributed by atoms with Crippen LogP contribution in [0.25, 0.3) is 5.65 Å². The topological polar surface area (TPSA) is 115 Å². The fraction of sp³-hybridized carbons (Fsp3) is 0.174. The molecule has 4 rings (SSSR count). The van der Waals surface area contributed by atoms with Crippen LogP contribution in [0.15, 0.2) is 65.7 Å². The summed E-state index contributed by atoms with van der Waals surface area (Å²) in [6.45, 7) is 3.95. The number of nitrogens with zero attached hydrogens (tertiary/aromatic N) is 3. The summed E-state index contributed by atoms with van der Waals surface area (Å²) in [4.78, 5) is 12.2. The Balaban J connectivity index is 1.59. The number of halogens is 1. The fourth-order valence-electron chi connectivity index (χ4n) is 3.30. The first-order valence-corrected chi connectivity index (χ1v) is 11.8. The molecule has 9 nitrogen and oxygen atoms in total. The van der Waals surface area contributed by atoms with Crippen molar-refractivity contribution in [1.29, 1.82) is 0 Å². The number of carbonyl (C=O) groups is 1. The summed E-state index contributed by atoms with van der Waals surface area (Å²) in [6, 6.07) is 12.6. The number of hydrogen-bond acceptors (Lipinski definition) is 6. The number of pyridine rings is 1. The molecule has 0 saturated heterocycles. The molecule has 0 saturated carbocycles. The predicted molar refractivity (Wildman–Crippen MR) is 125 cm³/mol. The van der Waals surface area contributed by atoms with Crippen LogP contribution in [-0.4, -0.2) is 36.0 Å². The van der Waals surface area contributed by atoms with E-state index in [0.29, 0.717) is 17.1 Å². The third kappa shape index (κ3) is 4.69. The Bertz CT molecular complexity index is 1470. The molecule has 2 aromatic heterocycles. The molecule has 0 fully saturated rings. The summed E-state index contributed by atoms with van der Waals surface area (Å²) in [7, 11) is -2.81. The summed E-state index contributed by atoms with van der Waals surface area (Å²) in [5.41, 5.74) is 1.27. The molecule has 11 heteroatoms. The van der Waals surface area contributed by atoms with Crippen molar-refractivity contribution in [3.8, 4) is 5.75 Å². The Kier molecular flexibility index (Phi) is 6.20. The van der Waals surface area contributed by atoms with Crippen molar-refractivity contribution >= 4 is 33.0 Å². The van der Waals surface area contributed by atoms with Crippen LogP contribution in [0.1, 0.15) is 35.9 Å². The molecule has 0 atom stereocenters. The monoisotopic (exact) mass is 483 g/mol. The van der Waals surface area contributed by atoms with E-state index < -0.39 is 26.6 Å². The van der Waals surface area contributed by atoms with Gasteiger partial charge in [0.05, 0.1) is 12.8 Å². The van der Waals surface area contributed by atoms with Gasteiger partial charge in [-0.15, -0.1) is 10.2 Å². The smallest absolute Gasteiger partial charge is 0.264 e. The Morgan fingerprint density at radius 2 is 1.74 bits per heavy atom. The van der Waals surface area contributed by atoms with E-state index in [0.717, 1.165) is 18.0 Å². The molecule has 0 aliphatic heterocycles. The van der Waals surface area contributed by atoms with Crippen molar-refractivity contribution < 1.29 is 22.3 Å². The van der Waals surface area contributed by atoms with Gasteiger partial charge in [0, 0.05) is 23.4 Å². The second kappa shape index (κ2) is 9.10. The van der Waals surface area contributed by atoms with Crippen LogP contribution in [-0.2, 0) is 10.0 Å². The molecule has 0 bridgehead atoms. The maximum atomic E-state index is 14.4. The second-order valence-electron chi connectivity index (χ2n) is 7.79. The van der Waals surface area contributed by atoms with Crippen LogP contribution in [0.4, 0.5) is 15.8 Å². The van der Waals surface area contributed by atoms with E-state index in [1.54, 1.807) is 34.9 Å². The van der Waals surface area contributed by atoms with Crippen molar-refractivity contribution in [3.63, 3.8) is 0 Å². The van der Waals surface area contributed by atoms with Crippen LogP contribution >= 0.6 is 0 Å². The molecule has 1 amide bonds. The minimum Gasteiger partial charge on any atom is -0.497 e. The van der Waals surface area contributed by atoms with E-state index in [9.17, 15) is 17.6 Å². The summed E-state index contributed by atoms with van der Waals surface area (Å²) >= 11 is 0. The fourth-order valence-corrected chi connectivity index (χ4v) is 4.46. The van der Waals surface area contributed by atoms with Gasteiger partial charge < -0.3 is 10.1 Å². The van der Waals surface area contributed by atoms with Gasteiger partial charge in [-0.25, -0.2) is 12.8 Å². The number of aromatic nitrogens is 3. The summed E-state index contributed by atoms with van der Waals surface area (Å²) < 4.78 is 49.2. The molecular formula is C23H22FN5O4S. The lowest BCUT2D eigenvalue weighted by atomic mass is 10.2. The molecule has 0 unspecified atom stereocenters. The molecule has 4 aromatic rings. The van der Waals surface area contributed by atoms with E-state index in [1.807, 2.05) is 13.8 Å². The summed E-state index contributed by atoms with van der Waals surface area (Å²) in [6.07, 6.45) is 1.68. The Hall–Kier alpha value is -3.99. The SMILES string of the molecule is COc1ccc(NS(=O)(=O)c2cc(C(=O)Nc3ccc4nnc(C(C)C)n4c3)ccc2F)cc1. The standard InChI is InChI=1S/C23H22FN5O4S/c1-14(2)22-27-26-21-11-7-17(13-29(21)22)25-23(30)15-4-10-19(24)20(12-15)34(31,32)28-16-5-8-18(33-3)9-6-16/h4-14,28H,1-3H3,(H,25,30). The zero-order chi connectivity index (χ0) is 24.5. The highest BCUT2D eigenvalue weighted by molar-refractivity contribution is 7.92. The number of amides is 1. The van der Waals surface area contributed by atoms with Crippen LogP contribution in [0.3, 0.4) is 0 Å². The summed E-state index contributed by atoms with van der Waals surface area (Å²) in [5.74, 6) is -0.197. The lowest BCUT2D eigenvalue weighted by Gasteiger charge is -2.12. The largest absolute Gasteiger partial charge is 0.497 e. The van der Waals surface area contributed by atoms with Crippen LogP contribution < -0.4 is 14.8 Å². The van der Waals surface area contributed by atoms with Gasteiger partial charge in [0.1, 0.15) is 22.3 Å². The van der Waals surface area contributed by atoms with Gasteiger partial charge in [0.2, 0.25) is 0 Å². The molecule has 0 spiro atoms. The molecule has 2 heterocycles. The maximum Gasteiger partial charge on any atom is 0.264 e. The third-order valence-corrected chi connectivity index (χ3v) is 6.42. The van der Waals surface area contributed by atoms with E-state index in [4.69, 9.17) is 4.74 Å². The molecule has 0 aliphatic rings. The molecule has 2 N–H and O–H groups in total. The highest BCUT2D eigenvalue weighted by Crippen LogP contribution is 2.23. The Morgan fingerprint density at radius 1 is 1.03 bits per heavy atom. The first-order valence-electron chi connectivity index (χ1n) is 10.3. The number of fused-ring (bicyclic) bond motifs is 1.